The Bertz CT molecular complexity index is 338. The summed E-state index contributed by atoms with van der Waals surface area (Å²) in [5, 5.41) is 14.2. The standard InChI is InChI=1S/C12H24N6.HI/c1-4-11(2)17-12(13-3)14-7-5-6-8-18-9-15-16-10-18;/h9-11H,4-8H2,1-3H3,(H2,13,14,17);1H. The van der Waals surface area contributed by atoms with Gasteiger partial charge in [-0.2, -0.15) is 0 Å². The third kappa shape index (κ3) is 8.02. The molecule has 0 amide bonds. The number of unbranched alkanes of at least 4 members (excludes halogenated alkanes) is 1. The molecule has 0 spiro atoms. The third-order valence-corrected chi connectivity index (χ3v) is 2.82. The van der Waals surface area contributed by atoms with E-state index in [4.69, 9.17) is 0 Å². The highest BCUT2D eigenvalue weighted by Gasteiger charge is 2.01. The van der Waals surface area contributed by atoms with E-state index in [1.54, 1.807) is 19.7 Å². The van der Waals surface area contributed by atoms with Gasteiger partial charge in [-0.05, 0) is 26.2 Å². The van der Waals surface area contributed by atoms with Gasteiger partial charge in [0.25, 0.3) is 0 Å². The van der Waals surface area contributed by atoms with E-state index in [1.807, 2.05) is 4.57 Å². The van der Waals surface area contributed by atoms with Crippen LogP contribution < -0.4 is 10.6 Å². The highest BCUT2D eigenvalue weighted by molar-refractivity contribution is 14.0. The van der Waals surface area contributed by atoms with E-state index in [2.05, 4.69) is 39.7 Å². The summed E-state index contributed by atoms with van der Waals surface area (Å²) in [6, 6.07) is 0.452. The molecule has 1 atom stereocenters. The minimum absolute atomic E-state index is 0. The molecule has 0 bridgehead atoms. The predicted molar refractivity (Wildman–Crippen MR) is 88.9 cm³/mol. The number of nitrogens with one attached hydrogen (secondary N) is 2. The van der Waals surface area contributed by atoms with Crippen molar-refractivity contribution in [2.24, 2.45) is 4.99 Å². The Labute approximate surface area is 132 Å². The summed E-state index contributed by atoms with van der Waals surface area (Å²) in [4.78, 5) is 4.19. The molecule has 1 unspecified atom stereocenters. The first-order valence-electron chi connectivity index (χ1n) is 6.55. The van der Waals surface area contributed by atoms with Crippen LogP contribution in [0.4, 0.5) is 0 Å². The summed E-state index contributed by atoms with van der Waals surface area (Å²) in [5.74, 6) is 0.883. The lowest BCUT2D eigenvalue weighted by molar-refractivity contribution is 0.586. The summed E-state index contributed by atoms with van der Waals surface area (Å²) < 4.78 is 1.99. The first-order chi connectivity index (χ1) is 8.76. The van der Waals surface area contributed by atoms with Gasteiger partial charge >= 0.3 is 0 Å². The van der Waals surface area contributed by atoms with Crippen molar-refractivity contribution >= 4 is 29.9 Å². The van der Waals surface area contributed by atoms with Crippen molar-refractivity contribution in [1.29, 1.82) is 0 Å². The van der Waals surface area contributed by atoms with E-state index in [0.29, 0.717) is 6.04 Å². The maximum absolute atomic E-state index is 4.19. The Balaban J connectivity index is 0.00000324. The Hall–Kier alpha value is -0.860. The molecule has 1 aromatic heterocycles. The largest absolute Gasteiger partial charge is 0.356 e. The minimum atomic E-state index is 0. The van der Waals surface area contributed by atoms with Gasteiger partial charge < -0.3 is 15.2 Å². The second kappa shape index (κ2) is 11.0. The van der Waals surface area contributed by atoms with E-state index in [9.17, 15) is 0 Å². The zero-order valence-electron chi connectivity index (χ0n) is 12.0. The van der Waals surface area contributed by atoms with Crippen molar-refractivity contribution < 1.29 is 0 Å². The lowest BCUT2D eigenvalue weighted by atomic mass is 10.3. The van der Waals surface area contributed by atoms with Gasteiger partial charge in [-0.3, -0.25) is 4.99 Å². The minimum Gasteiger partial charge on any atom is -0.356 e. The fourth-order valence-electron chi connectivity index (χ4n) is 1.49. The van der Waals surface area contributed by atoms with E-state index >= 15 is 0 Å². The quantitative estimate of drug-likeness (QED) is 0.327. The predicted octanol–water partition coefficient (Wildman–Crippen LogP) is 1.64. The molecular formula is C12H25IN6. The van der Waals surface area contributed by atoms with Crippen molar-refractivity contribution in [3.63, 3.8) is 0 Å². The molecule has 0 aromatic carbocycles. The van der Waals surface area contributed by atoms with Gasteiger partial charge in [0.2, 0.25) is 0 Å². The number of hydrogen-bond donors (Lipinski definition) is 2. The summed E-state index contributed by atoms with van der Waals surface area (Å²) in [7, 11) is 1.80. The zero-order valence-corrected chi connectivity index (χ0v) is 14.3. The Morgan fingerprint density at radius 3 is 2.58 bits per heavy atom. The molecule has 0 saturated carbocycles. The molecule has 2 N–H and O–H groups in total. The maximum atomic E-state index is 4.19. The molecule has 6 nitrogen and oxygen atoms in total. The lowest BCUT2D eigenvalue weighted by Gasteiger charge is -2.16. The molecule has 110 valence electrons. The summed E-state index contributed by atoms with van der Waals surface area (Å²) in [5.41, 5.74) is 0. The van der Waals surface area contributed by atoms with Crippen molar-refractivity contribution in [1.82, 2.24) is 25.4 Å². The molecule has 1 aromatic rings. The average molecular weight is 380 g/mol. The fraction of sp³-hybridized carbons (Fsp3) is 0.750. The lowest BCUT2D eigenvalue weighted by Crippen LogP contribution is -2.42. The number of aromatic nitrogens is 3. The average Bonchev–Trinajstić information content (AvgIpc) is 2.89. The van der Waals surface area contributed by atoms with Gasteiger partial charge in [0, 0.05) is 26.2 Å². The second-order valence-electron chi connectivity index (χ2n) is 4.36. The zero-order chi connectivity index (χ0) is 13.2. The molecule has 0 saturated heterocycles. The number of halogens is 1. The van der Waals surface area contributed by atoms with E-state index < -0.39 is 0 Å². The maximum Gasteiger partial charge on any atom is 0.191 e. The molecule has 0 aliphatic carbocycles. The van der Waals surface area contributed by atoms with Gasteiger partial charge in [0.1, 0.15) is 12.7 Å². The molecule has 0 aliphatic rings. The Morgan fingerprint density at radius 1 is 1.32 bits per heavy atom. The van der Waals surface area contributed by atoms with Crippen molar-refractivity contribution in [2.45, 2.75) is 45.7 Å². The van der Waals surface area contributed by atoms with Gasteiger partial charge in [0.15, 0.2) is 5.96 Å². The van der Waals surface area contributed by atoms with Gasteiger partial charge in [-0.1, -0.05) is 6.92 Å². The van der Waals surface area contributed by atoms with Gasteiger partial charge in [-0.15, -0.1) is 34.2 Å². The molecule has 19 heavy (non-hydrogen) atoms. The van der Waals surface area contributed by atoms with Crippen LogP contribution in [0.2, 0.25) is 0 Å². The van der Waals surface area contributed by atoms with Crippen LogP contribution in [0, 0.1) is 0 Å². The first kappa shape index (κ1) is 18.1. The highest BCUT2D eigenvalue weighted by atomic mass is 127. The van der Waals surface area contributed by atoms with Gasteiger partial charge in [0.05, 0.1) is 0 Å². The number of nitrogens with zero attached hydrogens (tertiary/aromatic N) is 4. The molecule has 0 radical (unpaired) electrons. The summed E-state index contributed by atoms with van der Waals surface area (Å²) in [6.07, 6.45) is 6.78. The van der Waals surface area contributed by atoms with Crippen molar-refractivity contribution in [3.05, 3.63) is 12.7 Å². The molecule has 1 heterocycles. The normalized spacial score (nSPS) is 12.7. The van der Waals surface area contributed by atoms with Crippen LogP contribution in [0.15, 0.2) is 17.6 Å². The van der Waals surface area contributed by atoms with E-state index in [1.165, 1.54) is 0 Å². The van der Waals surface area contributed by atoms with Crippen molar-refractivity contribution in [3.8, 4) is 0 Å². The van der Waals surface area contributed by atoms with Crippen LogP contribution in [-0.4, -0.2) is 40.4 Å². The molecule has 1 rings (SSSR count). The topological polar surface area (TPSA) is 67.1 Å². The van der Waals surface area contributed by atoms with Crippen LogP contribution in [0.25, 0.3) is 0 Å². The Morgan fingerprint density at radius 2 is 2.00 bits per heavy atom. The van der Waals surface area contributed by atoms with Crippen LogP contribution in [-0.2, 0) is 6.54 Å². The Kier molecular flexibility index (Phi) is 10.5. The van der Waals surface area contributed by atoms with Crippen LogP contribution in [0.5, 0.6) is 0 Å². The number of hydrogen-bond acceptors (Lipinski definition) is 3. The second-order valence-corrected chi connectivity index (χ2v) is 4.36. The number of aliphatic imine (C=N–C) groups is 1. The SMILES string of the molecule is CCC(C)NC(=NC)NCCCCn1cnnc1.I. The van der Waals surface area contributed by atoms with Crippen LogP contribution in [0.1, 0.15) is 33.1 Å². The highest BCUT2D eigenvalue weighted by Crippen LogP contribution is 1.93. The number of guanidine groups is 1. The molecule has 7 heteroatoms. The monoisotopic (exact) mass is 380 g/mol. The molecule has 0 fully saturated rings. The van der Waals surface area contributed by atoms with E-state index in [-0.39, 0.29) is 24.0 Å². The molecule has 0 aliphatic heterocycles. The third-order valence-electron chi connectivity index (χ3n) is 2.82. The molecular weight excluding hydrogens is 355 g/mol. The van der Waals surface area contributed by atoms with E-state index in [0.717, 1.165) is 38.3 Å². The van der Waals surface area contributed by atoms with Crippen molar-refractivity contribution in [2.75, 3.05) is 13.6 Å². The van der Waals surface area contributed by atoms with Gasteiger partial charge in [-0.25, -0.2) is 0 Å². The first-order valence-corrected chi connectivity index (χ1v) is 6.55. The van der Waals surface area contributed by atoms with Crippen LogP contribution >= 0.6 is 24.0 Å². The summed E-state index contributed by atoms with van der Waals surface area (Å²) in [6.45, 7) is 6.20. The number of rotatable bonds is 7. The summed E-state index contributed by atoms with van der Waals surface area (Å²) >= 11 is 0. The number of aryl methyl sites for hydroxylation is 1. The fourth-order valence-corrected chi connectivity index (χ4v) is 1.49. The smallest absolute Gasteiger partial charge is 0.191 e. The van der Waals surface area contributed by atoms with Crippen LogP contribution in [0.3, 0.4) is 0 Å².